The number of carbonyl (C=O) groups is 3. The van der Waals surface area contributed by atoms with E-state index in [1.165, 1.54) is 14.9 Å². The van der Waals surface area contributed by atoms with Crippen LogP contribution in [-0.2, 0) is 25.8 Å². The number of benzene rings is 1. The summed E-state index contributed by atoms with van der Waals surface area (Å²) in [4.78, 5) is 51.2. The quantitative estimate of drug-likeness (QED) is 0.484. The van der Waals surface area contributed by atoms with Crippen LogP contribution in [0.2, 0.25) is 0 Å². The monoisotopic (exact) mass is 448 g/mol. The van der Waals surface area contributed by atoms with Crippen molar-refractivity contribution in [2.24, 2.45) is 0 Å². The molecular weight excluding hydrogens is 416 g/mol. The van der Waals surface area contributed by atoms with Crippen LogP contribution in [0.1, 0.15) is 39.2 Å². The molecule has 0 saturated carbocycles. The SMILES string of the molecule is CN(CCONC(=O)C1CCC2CN1C(=O)N2OCc1ccccc1)C(=O)OC(C)(C)C. The van der Waals surface area contributed by atoms with Crippen LogP contribution >= 0.6 is 0 Å². The summed E-state index contributed by atoms with van der Waals surface area (Å²) in [6, 6.07) is 8.61. The summed E-state index contributed by atoms with van der Waals surface area (Å²) in [6.07, 6.45) is 0.717. The highest BCUT2D eigenvalue weighted by Gasteiger charge is 2.48. The molecule has 2 saturated heterocycles. The van der Waals surface area contributed by atoms with E-state index in [1.807, 2.05) is 30.3 Å². The highest BCUT2D eigenvalue weighted by molar-refractivity contribution is 5.88. The van der Waals surface area contributed by atoms with Gasteiger partial charge in [0.25, 0.3) is 5.91 Å². The van der Waals surface area contributed by atoms with Crippen molar-refractivity contribution in [3.63, 3.8) is 0 Å². The molecule has 2 heterocycles. The van der Waals surface area contributed by atoms with Crippen molar-refractivity contribution in [2.45, 2.75) is 57.9 Å². The average Bonchev–Trinajstić information content (AvgIpc) is 2.98. The fourth-order valence-electron chi connectivity index (χ4n) is 3.59. The molecule has 10 heteroatoms. The van der Waals surface area contributed by atoms with Gasteiger partial charge >= 0.3 is 12.1 Å². The number of hydrogen-bond acceptors (Lipinski definition) is 6. The number of fused-ring (bicyclic) bond motifs is 2. The lowest BCUT2D eigenvalue weighted by Gasteiger charge is -2.29. The average molecular weight is 449 g/mol. The van der Waals surface area contributed by atoms with Gasteiger partial charge in [0.05, 0.1) is 12.6 Å². The smallest absolute Gasteiger partial charge is 0.410 e. The van der Waals surface area contributed by atoms with Crippen LogP contribution in [0.25, 0.3) is 0 Å². The molecule has 2 fully saturated rings. The zero-order valence-corrected chi connectivity index (χ0v) is 19.1. The predicted molar refractivity (Wildman–Crippen MR) is 115 cm³/mol. The Morgan fingerprint density at radius 3 is 2.59 bits per heavy atom. The Morgan fingerprint density at radius 1 is 1.19 bits per heavy atom. The summed E-state index contributed by atoms with van der Waals surface area (Å²) in [5, 5.41) is 1.39. The molecule has 176 valence electrons. The third-order valence-electron chi connectivity index (χ3n) is 5.25. The molecule has 1 aromatic carbocycles. The Bertz CT molecular complexity index is 812. The van der Waals surface area contributed by atoms with E-state index in [2.05, 4.69) is 5.48 Å². The number of rotatable bonds is 8. The molecule has 0 spiro atoms. The van der Waals surface area contributed by atoms with Gasteiger partial charge in [-0.05, 0) is 39.2 Å². The molecule has 3 rings (SSSR count). The Balaban J connectivity index is 1.42. The Labute approximate surface area is 188 Å². The summed E-state index contributed by atoms with van der Waals surface area (Å²) < 4.78 is 5.26. The molecule has 4 amide bonds. The number of piperidine rings is 1. The summed E-state index contributed by atoms with van der Waals surface area (Å²) >= 11 is 0. The third-order valence-corrected chi connectivity index (χ3v) is 5.25. The third kappa shape index (κ3) is 6.10. The standard InChI is InChI=1S/C22H32N4O6/c1-22(2,3)32-21(29)24(4)12-13-30-23-19(27)18-11-10-17-14-25(18)20(28)26(17)31-15-16-8-6-5-7-9-16/h5-9,17-18H,10-15H2,1-4H3,(H,23,27). The minimum absolute atomic E-state index is 0.0707. The van der Waals surface area contributed by atoms with Crippen LogP contribution in [0.5, 0.6) is 0 Å². The molecule has 1 N–H and O–H groups in total. The molecule has 0 radical (unpaired) electrons. The van der Waals surface area contributed by atoms with Crippen LogP contribution < -0.4 is 5.48 Å². The first kappa shape index (κ1) is 23.8. The van der Waals surface area contributed by atoms with Crippen molar-refractivity contribution in [1.29, 1.82) is 0 Å². The minimum atomic E-state index is -0.618. The second-order valence-corrected chi connectivity index (χ2v) is 8.98. The fraction of sp³-hybridized carbons (Fsp3) is 0.591. The van der Waals surface area contributed by atoms with Gasteiger partial charge in [-0.15, -0.1) is 0 Å². The van der Waals surface area contributed by atoms with E-state index >= 15 is 0 Å². The van der Waals surface area contributed by atoms with E-state index in [0.717, 1.165) is 5.56 Å². The number of carbonyl (C=O) groups excluding carboxylic acids is 3. The molecule has 2 bridgehead atoms. The van der Waals surface area contributed by atoms with Crippen LogP contribution in [0.4, 0.5) is 9.59 Å². The molecule has 2 atom stereocenters. The lowest BCUT2D eigenvalue weighted by molar-refractivity contribution is -0.141. The molecule has 10 nitrogen and oxygen atoms in total. The van der Waals surface area contributed by atoms with Crippen molar-refractivity contribution in [3.8, 4) is 0 Å². The maximum atomic E-state index is 12.8. The van der Waals surface area contributed by atoms with Gasteiger partial charge in [-0.3, -0.25) is 14.5 Å². The molecule has 0 aromatic heterocycles. The highest BCUT2D eigenvalue weighted by atomic mass is 16.7. The fourth-order valence-corrected chi connectivity index (χ4v) is 3.59. The summed E-state index contributed by atoms with van der Waals surface area (Å²) in [7, 11) is 1.59. The number of hydrogen-bond donors (Lipinski definition) is 1. The van der Waals surface area contributed by atoms with Crippen molar-refractivity contribution in [3.05, 3.63) is 35.9 Å². The van der Waals surface area contributed by atoms with Crippen LogP contribution in [0.3, 0.4) is 0 Å². The van der Waals surface area contributed by atoms with E-state index in [4.69, 9.17) is 14.4 Å². The first-order valence-corrected chi connectivity index (χ1v) is 10.8. The van der Waals surface area contributed by atoms with Gasteiger partial charge in [-0.1, -0.05) is 30.3 Å². The highest BCUT2D eigenvalue weighted by Crippen LogP contribution is 2.30. The van der Waals surface area contributed by atoms with Crippen LogP contribution in [0, 0.1) is 0 Å². The Hall–Kier alpha value is -2.85. The zero-order chi connectivity index (χ0) is 23.3. The number of nitrogens with zero attached hydrogens (tertiary/aromatic N) is 3. The Morgan fingerprint density at radius 2 is 1.91 bits per heavy atom. The number of ether oxygens (including phenoxy) is 1. The first-order chi connectivity index (χ1) is 15.2. The van der Waals surface area contributed by atoms with Crippen molar-refractivity contribution in [2.75, 3.05) is 26.7 Å². The lowest BCUT2D eigenvalue weighted by atomic mass is 10.0. The molecule has 32 heavy (non-hydrogen) atoms. The van der Waals surface area contributed by atoms with E-state index in [1.54, 1.807) is 27.8 Å². The molecular formula is C22H32N4O6. The predicted octanol–water partition coefficient (Wildman–Crippen LogP) is 2.30. The van der Waals surface area contributed by atoms with Crippen LogP contribution in [0.15, 0.2) is 30.3 Å². The number of nitrogens with one attached hydrogen (secondary N) is 1. The van der Waals surface area contributed by atoms with Gasteiger partial charge in [-0.2, -0.15) is 5.06 Å². The normalized spacial score (nSPS) is 20.3. The molecule has 2 unspecified atom stereocenters. The van der Waals surface area contributed by atoms with Crippen molar-refractivity contribution < 1.29 is 28.8 Å². The maximum Gasteiger partial charge on any atom is 0.410 e. The minimum Gasteiger partial charge on any atom is -0.444 e. The van der Waals surface area contributed by atoms with Gasteiger partial charge < -0.3 is 14.5 Å². The van der Waals surface area contributed by atoms with Gasteiger partial charge in [0.2, 0.25) is 0 Å². The first-order valence-electron chi connectivity index (χ1n) is 10.8. The Kier molecular flexibility index (Phi) is 7.57. The molecule has 2 aliphatic heterocycles. The number of hydroxylamine groups is 3. The topological polar surface area (TPSA) is 101 Å². The summed E-state index contributed by atoms with van der Waals surface area (Å²) in [5.41, 5.74) is 2.79. The second kappa shape index (κ2) is 10.2. The number of amides is 4. The zero-order valence-electron chi connectivity index (χ0n) is 19.1. The van der Waals surface area contributed by atoms with Crippen LogP contribution in [-0.4, -0.2) is 77.3 Å². The molecule has 1 aromatic rings. The second-order valence-electron chi connectivity index (χ2n) is 8.98. The van der Waals surface area contributed by atoms with Crippen molar-refractivity contribution in [1.82, 2.24) is 20.3 Å². The van der Waals surface area contributed by atoms with Gasteiger partial charge in [0.1, 0.15) is 18.2 Å². The largest absolute Gasteiger partial charge is 0.444 e. The lowest BCUT2D eigenvalue weighted by Crippen LogP contribution is -2.50. The van der Waals surface area contributed by atoms with Gasteiger partial charge in [0, 0.05) is 20.1 Å². The van der Waals surface area contributed by atoms with E-state index < -0.39 is 17.7 Å². The number of urea groups is 1. The van der Waals surface area contributed by atoms with E-state index in [0.29, 0.717) is 26.0 Å². The van der Waals surface area contributed by atoms with Gasteiger partial charge in [-0.25, -0.2) is 15.1 Å². The van der Waals surface area contributed by atoms with Crippen molar-refractivity contribution >= 4 is 18.0 Å². The molecule has 0 aliphatic carbocycles. The van der Waals surface area contributed by atoms with E-state index in [-0.39, 0.29) is 31.1 Å². The van der Waals surface area contributed by atoms with E-state index in [9.17, 15) is 14.4 Å². The molecule has 2 aliphatic rings. The summed E-state index contributed by atoms with van der Waals surface area (Å²) in [5.74, 6) is -0.387. The van der Waals surface area contributed by atoms with Gasteiger partial charge in [0.15, 0.2) is 0 Å². The summed E-state index contributed by atoms with van der Waals surface area (Å²) in [6.45, 7) is 6.44. The maximum absolute atomic E-state index is 12.8. The number of likely N-dealkylation sites (N-methyl/N-ethyl adjacent to an activating group) is 1.